The van der Waals surface area contributed by atoms with Crippen molar-refractivity contribution in [3.63, 3.8) is 0 Å². The van der Waals surface area contributed by atoms with Crippen molar-refractivity contribution < 1.29 is 4.74 Å². The molecule has 21 heavy (non-hydrogen) atoms. The van der Waals surface area contributed by atoms with Gasteiger partial charge in [-0.15, -0.1) is 0 Å². The lowest BCUT2D eigenvalue weighted by Crippen LogP contribution is -2.67. The van der Waals surface area contributed by atoms with E-state index < -0.39 is 0 Å². The molecule has 1 saturated carbocycles. The van der Waals surface area contributed by atoms with E-state index in [1.807, 2.05) is 6.07 Å². The van der Waals surface area contributed by atoms with Crippen molar-refractivity contribution in [3.05, 3.63) is 30.6 Å². The Morgan fingerprint density at radius 3 is 2.86 bits per heavy atom. The first-order chi connectivity index (χ1) is 10.2. The van der Waals surface area contributed by atoms with Gasteiger partial charge in [-0.1, -0.05) is 13.8 Å². The van der Waals surface area contributed by atoms with E-state index in [-0.39, 0.29) is 5.41 Å². The predicted octanol–water partition coefficient (Wildman–Crippen LogP) is 3.25. The second-order valence-electron chi connectivity index (χ2n) is 6.80. The van der Waals surface area contributed by atoms with Crippen LogP contribution in [0.5, 0.6) is 0 Å². The normalized spacial score (nSPS) is 30.5. The summed E-state index contributed by atoms with van der Waals surface area (Å²) in [6, 6.07) is 6.70. The van der Waals surface area contributed by atoms with Crippen LogP contribution in [0.15, 0.2) is 30.6 Å². The first-order valence-corrected chi connectivity index (χ1v) is 7.75. The average Bonchev–Trinajstić information content (AvgIpc) is 2.52. The van der Waals surface area contributed by atoms with Crippen LogP contribution in [-0.4, -0.2) is 28.7 Å². The molecule has 2 fully saturated rings. The highest BCUT2D eigenvalue weighted by Crippen LogP contribution is 2.52. The lowest BCUT2D eigenvalue weighted by atomic mass is 9.55. The lowest BCUT2D eigenvalue weighted by Gasteiger charge is -2.60. The zero-order chi connectivity index (χ0) is 14.4. The minimum atomic E-state index is 0.183. The molecule has 3 unspecified atom stereocenters. The number of ether oxygens (including phenoxy) is 1. The SMILES string of the molecule is CC1(C)C(Nc2ccc3nccnc3c2)C2CCCOC21. The molecule has 2 aliphatic rings. The molecule has 1 aromatic carbocycles. The third-order valence-electron chi connectivity index (χ3n) is 5.12. The Bertz CT molecular complexity index is 670. The molecule has 2 aromatic rings. The highest BCUT2D eigenvalue weighted by atomic mass is 16.5. The summed E-state index contributed by atoms with van der Waals surface area (Å²) < 4.78 is 5.97. The summed E-state index contributed by atoms with van der Waals surface area (Å²) in [6.45, 7) is 5.53. The Kier molecular flexibility index (Phi) is 2.89. The second-order valence-corrected chi connectivity index (χ2v) is 6.80. The van der Waals surface area contributed by atoms with Gasteiger partial charge in [-0.25, -0.2) is 0 Å². The fourth-order valence-corrected chi connectivity index (χ4v) is 4.05. The number of nitrogens with zero attached hydrogens (tertiary/aromatic N) is 2. The van der Waals surface area contributed by atoms with Gasteiger partial charge >= 0.3 is 0 Å². The van der Waals surface area contributed by atoms with Gasteiger partial charge in [0, 0.05) is 42.1 Å². The molecule has 1 saturated heterocycles. The highest BCUT2D eigenvalue weighted by molar-refractivity contribution is 5.78. The number of benzene rings is 1. The fourth-order valence-electron chi connectivity index (χ4n) is 4.05. The molecule has 4 rings (SSSR count). The molecule has 0 bridgehead atoms. The summed E-state index contributed by atoms with van der Waals surface area (Å²) >= 11 is 0. The molecule has 0 amide bonds. The maximum Gasteiger partial charge on any atom is 0.0907 e. The maximum absolute atomic E-state index is 5.97. The van der Waals surface area contributed by atoms with Gasteiger partial charge in [-0.3, -0.25) is 9.97 Å². The lowest BCUT2D eigenvalue weighted by molar-refractivity contribution is -0.177. The third kappa shape index (κ3) is 2.01. The van der Waals surface area contributed by atoms with Gasteiger partial charge < -0.3 is 10.1 Å². The molecular formula is C17H21N3O. The monoisotopic (exact) mass is 283 g/mol. The zero-order valence-electron chi connectivity index (χ0n) is 12.5. The van der Waals surface area contributed by atoms with Crippen LogP contribution in [0.4, 0.5) is 5.69 Å². The van der Waals surface area contributed by atoms with Crippen molar-refractivity contribution in [1.29, 1.82) is 0 Å². The van der Waals surface area contributed by atoms with Crippen molar-refractivity contribution >= 4 is 16.7 Å². The summed E-state index contributed by atoms with van der Waals surface area (Å²) in [4.78, 5) is 8.70. The third-order valence-corrected chi connectivity index (χ3v) is 5.12. The topological polar surface area (TPSA) is 47.0 Å². The molecule has 0 spiro atoms. The number of aromatic nitrogens is 2. The number of hydrogen-bond acceptors (Lipinski definition) is 4. The standard InChI is InChI=1S/C17H21N3O/c1-17(2)15(12-4-3-9-21-16(12)17)20-11-5-6-13-14(10-11)19-8-7-18-13/h5-8,10,12,15-16,20H,3-4,9H2,1-2H3. The van der Waals surface area contributed by atoms with Gasteiger partial charge in [0.2, 0.25) is 0 Å². The van der Waals surface area contributed by atoms with Crippen molar-refractivity contribution in [2.24, 2.45) is 11.3 Å². The quantitative estimate of drug-likeness (QED) is 0.919. The predicted molar refractivity (Wildman–Crippen MR) is 83.2 cm³/mol. The summed E-state index contributed by atoms with van der Waals surface area (Å²) in [5, 5.41) is 3.71. The van der Waals surface area contributed by atoms with Gasteiger partial charge in [0.1, 0.15) is 0 Å². The summed E-state index contributed by atoms with van der Waals surface area (Å²) in [5.41, 5.74) is 3.19. The minimum absolute atomic E-state index is 0.183. The molecule has 3 atom stereocenters. The summed E-state index contributed by atoms with van der Waals surface area (Å²) in [6.07, 6.45) is 6.32. The fraction of sp³-hybridized carbons (Fsp3) is 0.529. The molecule has 1 aromatic heterocycles. The van der Waals surface area contributed by atoms with Crippen LogP contribution in [0.3, 0.4) is 0 Å². The summed E-state index contributed by atoms with van der Waals surface area (Å²) in [7, 11) is 0. The average molecular weight is 283 g/mol. The number of nitrogens with one attached hydrogen (secondary N) is 1. The molecule has 1 N–H and O–H groups in total. The molecular weight excluding hydrogens is 262 g/mol. The van der Waals surface area contributed by atoms with E-state index in [1.54, 1.807) is 12.4 Å². The molecule has 110 valence electrons. The molecule has 0 radical (unpaired) electrons. The van der Waals surface area contributed by atoms with E-state index in [9.17, 15) is 0 Å². The molecule has 1 aliphatic heterocycles. The van der Waals surface area contributed by atoms with Gasteiger partial charge in [-0.05, 0) is 31.0 Å². The van der Waals surface area contributed by atoms with E-state index in [1.165, 1.54) is 12.8 Å². The van der Waals surface area contributed by atoms with Crippen molar-refractivity contribution in [2.75, 3.05) is 11.9 Å². The first kappa shape index (κ1) is 13.0. The van der Waals surface area contributed by atoms with Crippen LogP contribution in [0.25, 0.3) is 11.0 Å². The Labute approximate surface area is 124 Å². The first-order valence-electron chi connectivity index (χ1n) is 7.75. The smallest absolute Gasteiger partial charge is 0.0907 e. The number of hydrogen-bond donors (Lipinski definition) is 1. The van der Waals surface area contributed by atoms with Gasteiger partial charge in [0.25, 0.3) is 0 Å². The van der Waals surface area contributed by atoms with Gasteiger partial charge in [-0.2, -0.15) is 0 Å². The number of fused-ring (bicyclic) bond motifs is 2. The molecule has 4 heteroatoms. The number of rotatable bonds is 2. The Morgan fingerprint density at radius 1 is 1.19 bits per heavy atom. The van der Waals surface area contributed by atoms with E-state index in [0.29, 0.717) is 18.1 Å². The summed E-state index contributed by atoms with van der Waals surface area (Å²) in [5.74, 6) is 0.631. The van der Waals surface area contributed by atoms with Crippen LogP contribution in [-0.2, 0) is 4.74 Å². The van der Waals surface area contributed by atoms with E-state index in [4.69, 9.17) is 4.74 Å². The van der Waals surface area contributed by atoms with Gasteiger partial charge in [0.05, 0.1) is 17.1 Å². The van der Waals surface area contributed by atoms with E-state index in [0.717, 1.165) is 23.3 Å². The zero-order valence-corrected chi connectivity index (χ0v) is 12.5. The van der Waals surface area contributed by atoms with Crippen LogP contribution in [0.1, 0.15) is 26.7 Å². The highest BCUT2D eigenvalue weighted by Gasteiger charge is 2.57. The van der Waals surface area contributed by atoms with E-state index in [2.05, 4.69) is 41.3 Å². The van der Waals surface area contributed by atoms with E-state index >= 15 is 0 Å². The van der Waals surface area contributed by atoms with Crippen LogP contribution >= 0.6 is 0 Å². The number of anilines is 1. The largest absolute Gasteiger partial charge is 0.381 e. The maximum atomic E-state index is 5.97. The Balaban J connectivity index is 1.59. The molecule has 4 nitrogen and oxygen atoms in total. The Morgan fingerprint density at radius 2 is 2.00 bits per heavy atom. The van der Waals surface area contributed by atoms with Crippen molar-refractivity contribution in [1.82, 2.24) is 9.97 Å². The van der Waals surface area contributed by atoms with Crippen LogP contribution in [0.2, 0.25) is 0 Å². The molecule has 1 aliphatic carbocycles. The minimum Gasteiger partial charge on any atom is -0.381 e. The Hall–Kier alpha value is -1.68. The molecule has 2 heterocycles. The van der Waals surface area contributed by atoms with Crippen LogP contribution < -0.4 is 5.32 Å². The van der Waals surface area contributed by atoms with Crippen molar-refractivity contribution in [3.8, 4) is 0 Å². The van der Waals surface area contributed by atoms with Crippen LogP contribution in [0, 0.1) is 11.3 Å². The van der Waals surface area contributed by atoms with Crippen molar-refractivity contribution in [2.45, 2.75) is 38.8 Å². The second kappa shape index (κ2) is 4.67. The van der Waals surface area contributed by atoms with Gasteiger partial charge in [0.15, 0.2) is 0 Å².